The van der Waals surface area contributed by atoms with Crippen LogP contribution in [0.15, 0.2) is 36.4 Å². The number of anilines is 2. The van der Waals surface area contributed by atoms with Crippen LogP contribution in [0.4, 0.5) is 16.0 Å². The number of hydrogen-bond acceptors (Lipinski definition) is 7. The molecule has 0 aliphatic carbocycles. The second-order valence-corrected chi connectivity index (χ2v) is 7.10. The molecule has 0 saturated carbocycles. The first kappa shape index (κ1) is 14.0. The summed E-state index contributed by atoms with van der Waals surface area (Å²) in [6, 6.07) is 10.8. The molecule has 0 amide bonds. The monoisotopic (exact) mass is 342 g/mol. The number of fused-ring (bicyclic) bond motifs is 2. The van der Waals surface area contributed by atoms with Crippen LogP contribution >= 0.6 is 22.7 Å². The van der Waals surface area contributed by atoms with E-state index in [9.17, 15) is 10.1 Å². The van der Waals surface area contributed by atoms with Gasteiger partial charge in [0, 0.05) is 12.1 Å². The van der Waals surface area contributed by atoms with E-state index < -0.39 is 4.92 Å². The average Bonchev–Trinajstić information content (AvgIpc) is 3.08. The van der Waals surface area contributed by atoms with Crippen LogP contribution in [0.25, 0.3) is 20.4 Å². The van der Waals surface area contributed by atoms with Gasteiger partial charge in [-0.15, -0.1) is 0 Å². The lowest BCUT2D eigenvalue weighted by Gasteiger charge is -1.93. The maximum atomic E-state index is 10.8. The van der Waals surface area contributed by atoms with Gasteiger partial charge in [-0.1, -0.05) is 28.7 Å². The summed E-state index contributed by atoms with van der Waals surface area (Å²) in [6.07, 6.45) is 0. The smallest absolute Gasteiger partial charge is 0.271 e. The molecule has 0 spiro atoms. The van der Waals surface area contributed by atoms with E-state index in [-0.39, 0.29) is 5.69 Å². The van der Waals surface area contributed by atoms with Crippen LogP contribution in [0.2, 0.25) is 0 Å². The molecule has 4 aromatic rings. The van der Waals surface area contributed by atoms with Gasteiger partial charge in [-0.25, -0.2) is 9.97 Å². The lowest BCUT2D eigenvalue weighted by atomic mass is 10.2. The Balaban J connectivity index is 1.69. The number of thiazole rings is 2. The fraction of sp³-hybridized carbons (Fsp3) is 0.0667. The van der Waals surface area contributed by atoms with Crippen LogP contribution in [-0.2, 0) is 0 Å². The van der Waals surface area contributed by atoms with Crippen molar-refractivity contribution in [1.82, 2.24) is 9.97 Å². The summed E-state index contributed by atoms with van der Waals surface area (Å²) in [6.45, 7) is 2.05. The normalized spacial score (nSPS) is 11.2. The Labute approximate surface area is 138 Å². The molecule has 6 nitrogen and oxygen atoms in total. The number of benzene rings is 2. The molecule has 2 aromatic heterocycles. The molecule has 8 heteroatoms. The molecular weight excluding hydrogens is 332 g/mol. The number of non-ortho nitro benzene ring substituents is 1. The Morgan fingerprint density at radius 1 is 1.00 bits per heavy atom. The van der Waals surface area contributed by atoms with E-state index in [1.165, 1.54) is 29.0 Å². The second kappa shape index (κ2) is 5.25. The highest BCUT2D eigenvalue weighted by molar-refractivity contribution is 7.24. The molecule has 0 fully saturated rings. The van der Waals surface area contributed by atoms with Gasteiger partial charge in [0.05, 0.1) is 25.4 Å². The number of nitrogens with zero attached hydrogens (tertiary/aromatic N) is 3. The van der Waals surface area contributed by atoms with Gasteiger partial charge in [0.2, 0.25) is 0 Å². The minimum atomic E-state index is -0.415. The van der Waals surface area contributed by atoms with Crippen molar-refractivity contribution in [2.45, 2.75) is 6.92 Å². The molecule has 114 valence electrons. The fourth-order valence-corrected chi connectivity index (χ4v) is 4.13. The lowest BCUT2D eigenvalue weighted by Crippen LogP contribution is -1.88. The zero-order valence-electron chi connectivity index (χ0n) is 11.9. The highest BCUT2D eigenvalue weighted by Gasteiger charge is 2.11. The van der Waals surface area contributed by atoms with Gasteiger partial charge in [-0.3, -0.25) is 10.1 Å². The van der Waals surface area contributed by atoms with Gasteiger partial charge >= 0.3 is 0 Å². The van der Waals surface area contributed by atoms with Crippen LogP contribution in [0.3, 0.4) is 0 Å². The zero-order valence-corrected chi connectivity index (χ0v) is 13.6. The number of nitro benzene ring substituents is 1. The number of nitro groups is 1. The zero-order chi connectivity index (χ0) is 16.0. The summed E-state index contributed by atoms with van der Waals surface area (Å²) in [4.78, 5) is 19.4. The molecule has 0 unspecified atom stereocenters. The third-order valence-corrected chi connectivity index (χ3v) is 5.23. The Kier molecular flexibility index (Phi) is 3.21. The average molecular weight is 342 g/mol. The minimum Gasteiger partial charge on any atom is -0.307 e. The molecular formula is C15H10N4O2S2. The van der Waals surface area contributed by atoms with Crippen LogP contribution in [0.5, 0.6) is 0 Å². The Bertz CT molecular complexity index is 1050. The van der Waals surface area contributed by atoms with E-state index in [0.717, 1.165) is 20.0 Å². The van der Waals surface area contributed by atoms with E-state index in [0.29, 0.717) is 10.6 Å². The van der Waals surface area contributed by atoms with Crippen LogP contribution in [0, 0.1) is 17.0 Å². The lowest BCUT2D eigenvalue weighted by molar-refractivity contribution is -0.384. The Morgan fingerprint density at radius 3 is 2.52 bits per heavy atom. The maximum absolute atomic E-state index is 10.8. The summed E-state index contributed by atoms with van der Waals surface area (Å²) in [5.74, 6) is 0. The van der Waals surface area contributed by atoms with Crippen molar-refractivity contribution < 1.29 is 4.92 Å². The summed E-state index contributed by atoms with van der Waals surface area (Å²) in [5, 5.41) is 15.5. The molecule has 2 heterocycles. The molecule has 1 N–H and O–H groups in total. The highest BCUT2D eigenvalue weighted by atomic mass is 32.1. The largest absolute Gasteiger partial charge is 0.307 e. The highest BCUT2D eigenvalue weighted by Crippen LogP contribution is 2.33. The van der Waals surface area contributed by atoms with E-state index in [1.807, 2.05) is 19.1 Å². The predicted octanol–water partition coefficient (Wildman–Crippen LogP) is 4.87. The molecule has 2 aromatic carbocycles. The van der Waals surface area contributed by atoms with Crippen LogP contribution < -0.4 is 5.32 Å². The second-order valence-electron chi connectivity index (χ2n) is 5.04. The number of nitrogens with one attached hydrogen (secondary N) is 1. The molecule has 0 bridgehead atoms. The third kappa shape index (κ3) is 2.62. The van der Waals surface area contributed by atoms with Crippen molar-refractivity contribution >= 4 is 59.1 Å². The predicted molar refractivity (Wildman–Crippen MR) is 93.9 cm³/mol. The number of aromatic nitrogens is 2. The van der Waals surface area contributed by atoms with Crippen molar-refractivity contribution in [2.75, 3.05) is 5.32 Å². The van der Waals surface area contributed by atoms with E-state index in [1.54, 1.807) is 17.4 Å². The van der Waals surface area contributed by atoms with Gasteiger partial charge in [0.15, 0.2) is 10.3 Å². The standard InChI is InChI=1S/C15H10N4O2S2/c1-8-2-4-10-13(6-8)23-14(16-10)18-15-17-11-7-9(19(20)21)3-5-12(11)22-15/h2-7H,1H3,(H,16,17,18). The molecule has 0 saturated heterocycles. The van der Waals surface area contributed by atoms with Crippen molar-refractivity contribution in [2.24, 2.45) is 0 Å². The summed E-state index contributed by atoms with van der Waals surface area (Å²) < 4.78 is 2.01. The van der Waals surface area contributed by atoms with E-state index in [4.69, 9.17) is 0 Å². The molecule has 23 heavy (non-hydrogen) atoms. The number of rotatable bonds is 3. The van der Waals surface area contributed by atoms with Crippen molar-refractivity contribution in [3.8, 4) is 0 Å². The van der Waals surface area contributed by atoms with E-state index in [2.05, 4.69) is 21.4 Å². The van der Waals surface area contributed by atoms with Crippen molar-refractivity contribution in [1.29, 1.82) is 0 Å². The molecule has 0 atom stereocenters. The summed E-state index contributed by atoms with van der Waals surface area (Å²) in [7, 11) is 0. The first-order valence-electron chi connectivity index (χ1n) is 6.78. The topological polar surface area (TPSA) is 81.0 Å². The van der Waals surface area contributed by atoms with Gasteiger partial charge < -0.3 is 5.32 Å². The molecule has 0 radical (unpaired) electrons. The Morgan fingerprint density at radius 2 is 1.74 bits per heavy atom. The van der Waals surface area contributed by atoms with Gasteiger partial charge in [0.1, 0.15) is 0 Å². The SMILES string of the molecule is Cc1ccc2nc(Nc3nc4cc([N+](=O)[O-])ccc4s3)sc2c1. The van der Waals surface area contributed by atoms with Crippen molar-refractivity contribution in [3.05, 3.63) is 52.1 Å². The van der Waals surface area contributed by atoms with Gasteiger partial charge in [-0.05, 0) is 30.7 Å². The summed E-state index contributed by atoms with van der Waals surface area (Å²) in [5.41, 5.74) is 2.80. The van der Waals surface area contributed by atoms with Crippen LogP contribution in [0.1, 0.15) is 5.56 Å². The van der Waals surface area contributed by atoms with Gasteiger partial charge in [0.25, 0.3) is 5.69 Å². The molecule has 4 rings (SSSR count). The van der Waals surface area contributed by atoms with Gasteiger partial charge in [-0.2, -0.15) is 0 Å². The molecule has 0 aliphatic rings. The Hall–Kier alpha value is -2.58. The molecule has 0 aliphatic heterocycles. The van der Waals surface area contributed by atoms with Crippen LogP contribution in [-0.4, -0.2) is 14.9 Å². The fourth-order valence-electron chi connectivity index (χ4n) is 2.26. The third-order valence-electron chi connectivity index (χ3n) is 3.34. The minimum absolute atomic E-state index is 0.0461. The first-order valence-corrected chi connectivity index (χ1v) is 8.41. The quantitative estimate of drug-likeness (QED) is 0.424. The summed E-state index contributed by atoms with van der Waals surface area (Å²) >= 11 is 3.01. The number of hydrogen-bond donors (Lipinski definition) is 1. The maximum Gasteiger partial charge on any atom is 0.271 e. The number of aryl methyl sites for hydroxylation is 1. The first-order chi connectivity index (χ1) is 11.1. The van der Waals surface area contributed by atoms with E-state index >= 15 is 0 Å². The van der Waals surface area contributed by atoms with Crippen molar-refractivity contribution in [3.63, 3.8) is 0 Å².